The molecule has 1 N–H and O–H groups in total. The van der Waals surface area contributed by atoms with E-state index in [1.54, 1.807) is 25.1 Å². The minimum atomic E-state index is -4.30. The number of alkyl halides is 3. The second-order valence-electron chi connectivity index (χ2n) is 6.81. The van der Waals surface area contributed by atoms with Gasteiger partial charge in [0.05, 0.1) is 12.0 Å². The standard InChI is InChI=1S/C18H18BrF3N2O3/c1-11-7-14(16(25)26)23-24(11)9-12-8-13(19)3-4-15(12)27-10-17(5-2-6-17)18(20,21)22/h3-4,7-8H,2,5-6,9-10H2,1H3,(H,25,26). The number of carboxylic acid groups (broad SMARTS) is 1. The SMILES string of the molecule is Cc1cc(C(=O)O)nn1Cc1cc(Br)ccc1OCC1(C(F)(F)F)CCC1. The Labute approximate surface area is 162 Å². The second kappa shape index (κ2) is 7.18. The van der Waals surface area contributed by atoms with Gasteiger partial charge in [-0.2, -0.15) is 18.3 Å². The van der Waals surface area contributed by atoms with Crippen molar-refractivity contribution in [3.05, 3.63) is 45.7 Å². The second-order valence-corrected chi connectivity index (χ2v) is 7.72. The van der Waals surface area contributed by atoms with Crippen LogP contribution in [0.3, 0.4) is 0 Å². The Morgan fingerprint density at radius 1 is 1.37 bits per heavy atom. The molecule has 0 bridgehead atoms. The number of nitrogens with zero attached hydrogens (tertiary/aromatic N) is 2. The van der Waals surface area contributed by atoms with Crippen LogP contribution in [0.15, 0.2) is 28.7 Å². The monoisotopic (exact) mass is 446 g/mol. The fraction of sp³-hybridized carbons (Fsp3) is 0.444. The largest absolute Gasteiger partial charge is 0.492 e. The predicted octanol–water partition coefficient (Wildman–Crippen LogP) is 4.81. The number of carboxylic acids is 1. The van der Waals surface area contributed by atoms with Gasteiger partial charge in [-0.25, -0.2) is 4.79 Å². The van der Waals surface area contributed by atoms with E-state index >= 15 is 0 Å². The summed E-state index contributed by atoms with van der Waals surface area (Å²) in [6, 6.07) is 6.48. The van der Waals surface area contributed by atoms with Crippen LogP contribution in [0.25, 0.3) is 0 Å². The third-order valence-corrected chi connectivity index (χ3v) is 5.45. The Hall–Kier alpha value is -2.03. The normalized spacial score (nSPS) is 16.0. The first kappa shape index (κ1) is 19.7. The van der Waals surface area contributed by atoms with E-state index in [0.717, 1.165) is 4.47 Å². The molecule has 1 aliphatic rings. The van der Waals surface area contributed by atoms with Gasteiger partial charge in [-0.15, -0.1) is 0 Å². The maximum atomic E-state index is 13.3. The van der Waals surface area contributed by atoms with Gasteiger partial charge >= 0.3 is 12.1 Å². The summed E-state index contributed by atoms with van der Waals surface area (Å²) >= 11 is 3.34. The summed E-state index contributed by atoms with van der Waals surface area (Å²) in [5.74, 6) is -0.805. The molecule has 0 unspecified atom stereocenters. The molecular formula is C18H18BrF3N2O3. The highest BCUT2D eigenvalue weighted by molar-refractivity contribution is 9.10. The van der Waals surface area contributed by atoms with Crippen LogP contribution in [-0.2, 0) is 6.54 Å². The van der Waals surface area contributed by atoms with Crippen molar-refractivity contribution in [1.29, 1.82) is 0 Å². The molecule has 9 heteroatoms. The van der Waals surface area contributed by atoms with E-state index < -0.39 is 24.2 Å². The summed E-state index contributed by atoms with van der Waals surface area (Å²) in [4.78, 5) is 11.1. The van der Waals surface area contributed by atoms with Crippen LogP contribution in [0.4, 0.5) is 13.2 Å². The molecule has 27 heavy (non-hydrogen) atoms. The highest BCUT2D eigenvalue weighted by atomic mass is 79.9. The van der Waals surface area contributed by atoms with Gasteiger partial charge in [-0.3, -0.25) is 4.68 Å². The molecule has 1 aliphatic carbocycles. The molecule has 0 spiro atoms. The maximum absolute atomic E-state index is 13.3. The number of hydrogen-bond acceptors (Lipinski definition) is 3. The van der Waals surface area contributed by atoms with Gasteiger partial charge in [0.2, 0.25) is 0 Å². The zero-order valence-electron chi connectivity index (χ0n) is 14.5. The fourth-order valence-electron chi connectivity index (χ4n) is 3.08. The van der Waals surface area contributed by atoms with Gasteiger partial charge in [-0.1, -0.05) is 22.4 Å². The van der Waals surface area contributed by atoms with Gasteiger partial charge < -0.3 is 9.84 Å². The molecule has 5 nitrogen and oxygen atoms in total. The van der Waals surface area contributed by atoms with Crippen LogP contribution < -0.4 is 4.74 Å². The van der Waals surface area contributed by atoms with Crippen LogP contribution in [0.5, 0.6) is 5.75 Å². The summed E-state index contributed by atoms with van der Waals surface area (Å²) in [6.07, 6.45) is -3.61. The first-order chi connectivity index (χ1) is 12.6. The van der Waals surface area contributed by atoms with E-state index in [1.165, 1.54) is 10.7 Å². The fourth-order valence-corrected chi connectivity index (χ4v) is 3.49. The third-order valence-electron chi connectivity index (χ3n) is 4.96. The van der Waals surface area contributed by atoms with E-state index in [4.69, 9.17) is 9.84 Å². The Kier molecular flexibility index (Phi) is 5.24. The van der Waals surface area contributed by atoms with Gasteiger partial charge in [0, 0.05) is 15.7 Å². The number of ether oxygens (including phenoxy) is 1. The first-order valence-corrected chi connectivity index (χ1v) is 9.16. The van der Waals surface area contributed by atoms with Crippen molar-refractivity contribution < 1.29 is 27.8 Å². The molecule has 0 amide bonds. The zero-order chi connectivity index (χ0) is 19.8. The van der Waals surface area contributed by atoms with Crippen molar-refractivity contribution in [1.82, 2.24) is 9.78 Å². The quantitative estimate of drug-likeness (QED) is 0.691. The van der Waals surface area contributed by atoms with E-state index in [1.807, 2.05) is 0 Å². The lowest BCUT2D eigenvalue weighted by Gasteiger charge is -2.42. The van der Waals surface area contributed by atoms with Crippen LogP contribution in [0.2, 0.25) is 0 Å². The number of rotatable bonds is 6. The number of benzene rings is 1. The minimum Gasteiger partial charge on any atom is -0.492 e. The Morgan fingerprint density at radius 3 is 2.59 bits per heavy atom. The lowest BCUT2D eigenvalue weighted by molar-refractivity contribution is -0.259. The minimum absolute atomic E-state index is 0.0720. The Balaban J connectivity index is 1.82. The van der Waals surface area contributed by atoms with Crippen molar-refractivity contribution in [3.63, 3.8) is 0 Å². The van der Waals surface area contributed by atoms with Crippen LogP contribution >= 0.6 is 15.9 Å². The van der Waals surface area contributed by atoms with Gasteiger partial charge in [-0.05, 0) is 44.0 Å². The molecule has 146 valence electrons. The van der Waals surface area contributed by atoms with Crippen molar-refractivity contribution in [3.8, 4) is 5.75 Å². The molecular weight excluding hydrogens is 429 g/mol. The molecule has 1 aromatic heterocycles. The average molecular weight is 447 g/mol. The van der Waals surface area contributed by atoms with Crippen LogP contribution in [-0.4, -0.2) is 33.6 Å². The molecule has 1 saturated carbocycles. The predicted molar refractivity (Wildman–Crippen MR) is 95.0 cm³/mol. The smallest absolute Gasteiger partial charge is 0.397 e. The van der Waals surface area contributed by atoms with E-state index in [2.05, 4.69) is 21.0 Å². The van der Waals surface area contributed by atoms with E-state index in [-0.39, 0.29) is 25.1 Å². The summed E-state index contributed by atoms with van der Waals surface area (Å²) in [7, 11) is 0. The maximum Gasteiger partial charge on any atom is 0.397 e. The summed E-state index contributed by atoms with van der Waals surface area (Å²) in [5.41, 5.74) is -0.626. The molecule has 0 aliphatic heterocycles. The first-order valence-electron chi connectivity index (χ1n) is 8.37. The highest BCUT2D eigenvalue weighted by Gasteiger charge is 2.58. The van der Waals surface area contributed by atoms with Gasteiger partial charge in [0.1, 0.15) is 12.4 Å². The number of aromatic nitrogens is 2. The van der Waals surface area contributed by atoms with Crippen molar-refractivity contribution in [2.45, 2.75) is 38.9 Å². The Bertz CT molecular complexity index is 860. The molecule has 1 aromatic carbocycles. The lowest BCUT2D eigenvalue weighted by Crippen LogP contribution is -2.48. The Morgan fingerprint density at radius 2 is 2.07 bits per heavy atom. The third kappa shape index (κ3) is 3.97. The topological polar surface area (TPSA) is 64.3 Å². The summed E-state index contributed by atoms with van der Waals surface area (Å²) in [5, 5.41) is 13.1. The van der Waals surface area contributed by atoms with Crippen molar-refractivity contribution in [2.75, 3.05) is 6.61 Å². The number of aromatic carboxylic acids is 1. The lowest BCUT2D eigenvalue weighted by atomic mass is 9.69. The van der Waals surface area contributed by atoms with E-state index in [0.29, 0.717) is 23.4 Å². The van der Waals surface area contributed by atoms with E-state index in [9.17, 15) is 18.0 Å². The molecule has 1 fully saturated rings. The average Bonchev–Trinajstić information content (AvgIpc) is 2.88. The van der Waals surface area contributed by atoms with Gasteiger partial charge in [0.25, 0.3) is 0 Å². The summed E-state index contributed by atoms with van der Waals surface area (Å²) in [6.45, 7) is 1.47. The zero-order valence-corrected chi connectivity index (χ0v) is 16.1. The van der Waals surface area contributed by atoms with Crippen LogP contribution in [0.1, 0.15) is 41.0 Å². The number of aryl methyl sites for hydroxylation is 1. The number of hydrogen-bond donors (Lipinski definition) is 1. The van der Waals surface area contributed by atoms with Crippen LogP contribution in [0, 0.1) is 12.3 Å². The molecule has 0 atom stereocenters. The molecule has 2 aromatic rings. The molecule has 0 radical (unpaired) electrons. The van der Waals surface area contributed by atoms with Crippen molar-refractivity contribution in [2.24, 2.45) is 5.41 Å². The van der Waals surface area contributed by atoms with Crippen molar-refractivity contribution >= 4 is 21.9 Å². The number of carbonyl (C=O) groups is 1. The summed E-state index contributed by atoms with van der Waals surface area (Å²) < 4.78 is 47.9. The van der Waals surface area contributed by atoms with Gasteiger partial charge in [0.15, 0.2) is 5.69 Å². The highest BCUT2D eigenvalue weighted by Crippen LogP contribution is 2.53. The number of halogens is 4. The molecule has 0 saturated heterocycles. The molecule has 1 heterocycles. The molecule has 3 rings (SSSR count).